The summed E-state index contributed by atoms with van der Waals surface area (Å²) in [5.74, 6) is 0.592. The van der Waals surface area contributed by atoms with E-state index in [0.29, 0.717) is 18.0 Å². The number of nitro groups is 1. The highest BCUT2D eigenvalue weighted by atomic mass is 16.6. The van der Waals surface area contributed by atoms with Gasteiger partial charge in [0, 0.05) is 18.7 Å². The standard InChI is InChI=1S/C12H16N2O4/c1-8-10(5-6-18-8)13-11-7-9(17-2)3-4-12(11)14(15)16/h3-4,7-8,10,13H,5-6H2,1-2H3. The van der Waals surface area contributed by atoms with Crippen LogP contribution in [0, 0.1) is 10.1 Å². The molecular weight excluding hydrogens is 236 g/mol. The van der Waals surface area contributed by atoms with Gasteiger partial charge in [-0.15, -0.1) is 0 Å². The Morgan fingerprint density at radius 3 is 2.89 bits per heavy atom. The molecule has 6 nitrogen and oxygen atoms in total. The van der Waals surface area contributed by atoms with Gasteiger partial charge in [0.05, 0.1) is 24.2 Å². The minimum Gasteiger partial charge on any atom is -0.497 e. The maximum Gasteiger partial charge on any atom is 0.292 e. The van der Waals surface area contributed by atoms with E-state index in [1.54, 1.807) is 12.1 Å². The normalized spacial score (nSPS) is 22.8. The molecule has 98 valence electrons. The van der Waals surface area contributed by atoms with Crippen molar-refractivity contribution in [2.75, 3.05) is 19.0 Å². The minimum atomic E-state index is -0.401. The van der Waals surface area contributed by atoms with Gasteiger partial charge in [0.1, 0.15) is 11.4 Å². The molecule has 0 bridgehead atoms. The molecular formula is C12H16N2O4. The Morgan fingerprint density at radius 2 is 2.33 bits per heavy atom. The molecule has 0 radical (unpaired) electrons. The number of ether oxygens (including phenoxy) is 2. The Bertz CT molecular complexity index is 450. The summed E-state index contributed by atoms with van der Waals surface area (Å²) in [5.41, 5.74) is 0.525. The molecule has 2 atom stereocenters. The van der Waals surface area contributed by atoms with E-state index in [1.807, 2.05) is 6.92 Å². The highest BCUT2D eigenvalue weighted by molar-refractivity contribution is 5.64. The first-order valence-electron chi connectivity index (χ1n) is 5.82. The fourth-order valence-electron chi connectivity index (χ4n) is 2.04. The number of hydrogen-bond donors (Lipinski definition) is 1. The van der Waals surface area contributed by atoms with Crippen molar-refractivity contribution in [3.8, 4) is 5.75 Å². The molecule has 1 N–H and O–H groups in total. The maximum absolute atomic E-state index is 11.0. The second kappa shape index (κ2) is 5.22. The maximum atomic E-state index is 11.0. The first-order valence-corrected chi connectivity index (χ1v) is 5.82. The summed E-state index contributed by atoms with van der Waals surface area (Å²) < 4.78 is 10.5. The van der Waals surface area contributed by atoms with Gasteiger partial charge >= 0.3 is 0 Å². The molecule has 1 aliphatic rings. The summed E-state index contributed by atoms with van der Waals surface area (Å²) in [4.78, 5) is 10.6. The summed E-state index contributed by atoms with van der Waals surface area (Å²) in [6.45, 7) is 2.63. The van der Waals surface area contributed by atoms with E-state index in [9.17, 15) is 10.1 Å². The summed E-state index contributed by atoms with van der Waals surface area (Å²) in [7, 11) is 1.53. The zero-order valence-corrected chi connectivity index (χ0v) is 10.4. The van der Waals surface area contributed by atoms with Crippen LogP contribution in [0.3, 0.4) is 0 Å². The van der Waals surface area contributed by atoms with Crippen LogP contribution < -0.4 is 10.1 Å². The molecule has 0 amide bonds. The topological polar surface area (TPSA) is 73.6 Å². The van der Waals surface area contributed by atoms with Gasteiger partial charge in [0.15, 0.2) is 0 Å². The molecule has 0 aliphatic carbocycles. The number of nitro benzene ring substituents is 1. The average molecular weight is 252 g/mol. The predicted octanol–water partition coefficient (Wildman–Crippen LogP) is 2.19. The number of hydrogen-bond acceptors (Lipinski definition) is 5. The Balaban J connectivity index is 2.25. The zero-order valence-electron chi connectivity index (χ0n) is 10.4. The molecule has 1 saturated heterocycles. The Hall–Kier alpha value is -1.82. The summed E-state index contributed by atoms with van der Waals surface area (Å²) in [6.07, 6.45) is 0.894. The fraction of sp³-hybridized carbons (Fsp3) is 0.500. The molecule has 6 heteroatoms. The largest absolute Gasteiger partial charge is 0.497 e. The second-order valence-electron chi connectivity index (χ2n) is 4.26. The Morgan fingerprint density at radius 1 is 1.56 bits per heavy atom. The van der Waals surface area contributed by atoms with Crippen LogP contribution in [0.2, 0.25) is 0 Å². The number of nitrogens with one attached hydrogen (secondary N) is 1. The Kier molecular flexibility index (Phi) is 3.66. The monoisotopic (exact) mass is 252 g/mol. The van der Waals surface area contributed by atoms with Gasteiger partial charge in [-0.1, -0.05) is 0 Å². The average Bonchev–Trinajstić information content (AvgIpc) is 2.74. The molecule has 1 aromatic carbocycles. The third-order valence-electron chi connectivity index (χ3n) is 3.12. The van der Waals surface area contributed by atoms with Gasteiger partial charge in [-0.25, -0.2) is 0 Å². The lowest BCUT2D eigenvalue weighted by molar-refractivity contribution is -0.384. The van der Waals surface area contributed by atoms with Crippen molar-refractivity contribution in [3.05, 3.63) is 28.3 Å². The second-order valence-corrected chi connectivity index (χ2v) is 4.26. The molecule has 0 saturated carbocycles. The fourth-order valence-corrected chi connectivity index (χ4v) is 2.04. The van der Waals surface area contributed by atoms with Crippen LogP contribution in [0.4, 0.5) is 11.4 Å². The van der Waals surface area contributed by atoms with Gasteiger partial charge in [-0.2, -0.15) is 0 Å². The van der Waals surface area contributed by atoms with Crippen molar-refractivity contribution < 1.29 is 14.4 Å². The summed E-state index contributed by atoms with van der Waals surface area (Å²) in [6, 6.07) is 4.76. The number of benzene rings is 1. The van der Waals surface area contributed by atoms with Crippen LogP contribution in [0.25, 0.3) is 0 Å². The van der Waals surface area contributed by atoms with E-state index in [1.165, 1.54) is 13.2 Å². The highest BCUT2D eigenvalue weighted by Gasteiger charge is 2.26. The van der Waals surface area contributed by atoms with E-state index in [0.717, 1.165) is 6.42 Å². The van der Waals surface area contributed by atoms with Crippen LogP contribution in [-0.4, -0.2) is 30.8 Å². The third kappa shape index (κ3) is 2.53. The van der Waals surface area contributed by atoms with Gasteiger partial charge in [0.25, 0.3) is 5.69 Å². The van der Waals surface area contributed by atoms with E-state index in [4.69, 9.17) is 9.47 Å². The van der Waals surface area contributed by atoms with Crippen molar-refractivity contribution in [2.45, 2.75) is 25.5 Å². The van der Waals surface area contributed by atoms with Crippen molar-refractivity contribution in [1.82, 2.24) is 0 Å². The van der Waals surface area contributed by atoms with Crippen LogP contribution in [-0.2, 0) is 4.74 Å². The zero-order chi connectivity index (χ0) is 13.1. The van der Waals surface area contributed by atoms with Gasteiger partial charge < -0.3 is 14.8 Å². The molecule has 1 aromatic rings. The smallest absolute Gasteiger partial charge is 0.292 e. The molecule has 1 aliphatic heterocycles. The van der Waals surface area contributed by atoms with Crippen LogP contribution in [0.5, 0.6) is 5.75 Å². The van der Waals surface area contributed by atoms with E-state index in [2.05, 4.69) is 5.32 Å². The van der Waals surface area contributed by atoms with E-state index < -0.39 is 4.92 Å². The van der Waals surface area contributed by atoms with Crippen LogP contribution in [0.15, 0.2) is 18.2 Å². The lowest BCUT2D eigenvalue weighted by atomic mass is 10.1. The quantitative estimate of drug-likeness (QED) is 0.656. The van der Waals surface area contributed by atoms with Gasteiger partial charge in [-0.05, 0) is 19.4 Å². The SMILES string of the molecule is COc1ccc([N+](=O)[O-])c(NC2CCOC2C)c1. The van der Waals surface area contributed by atoms with Crippen molar-refractivity contribution in [3.63, 3.8) is 0 Å². The first kappa shape index (κ1) is 12.6. The highest BCUT2D eigenvalue weighted by Crippen LogP contribution is 2.31. The van der Waals surface area contributed by atoms with Gasteiger partial charge in [0.2, 0.25) is 0 Å². The van der Waals surface area contributed by atoms with Crippen molar-refractivity contribution in [1.29, 1.82) is 0 Å². The number of nitrogens with zero attached hydrogens (tertiary/aromatic N) is 1. The molecule has 1 fully saturated rings. The summed E-state index contributed by atoms with van der Waals surface area (Å²) in [5, 5.41) is 14.1. The molecule has 0 spiro atoms. The van der Waals surface area contributed by atoms with Crippen molar-refractivity contribution >= 4 is 11.4 Å². The molecule has 18 heavy (non-hydrogen) atoms. The van der Waals surface area contributed by atoms with E-state index in [-0.39, 0.29) is 17.8 Å². The van der Waals surface area contributed by atoms with E-state index >= 15 is 0 Å². The van der Waals surface area contributed by atoms with Crippen LogP contribution >= 0.6 is 0 Å². The predicted molar refractivity (Wildman–Crippen MR) is 67.1 cm³/mol. The number of methoxy groups -OCH3 is 1. The minimum absolute atomic E-state index is 0.0508. The van der Waals surface area contributed by atoms with Crippen molar-refractivity contribution in [2.24, 2.45) is 0 Å². The lowest BCUT2D eigenvalue weighted by Gasteiger charge is -2.17. The van der Waals surface area contributed by atoms with Crippen LogP contribution in [0.1, 0.15) is 13.3 Å². The third-order valence-corrected chi connectivity index (χ3v) is 3.12. The number of anilines is 1. The molecule has 0 aromatic heterocycles. The lowest BCUT2D eigenvalue weighted by Crippen LogP contribution is -2.27. The number of rotatable bonds is 4. The molecule has 1 heterocycles. The molecule has 2 rings (SSSR count). The molecule has 2 unspecified atom stereocenters. The van der Waals surface area contributed by atoms with Gasteiger partial charge in [-0.3, -0.25) is 10.1 Å². The summed E-state index contributed by atoms with van der Waals surface area (Å²) >= 11 is 0. The Labute approximate surface area is 105 Å². The first-order chi connectivity index (χ1) is 8.61.